The molecule has 1 aliphatic rings. The monoisotopic (exact) mass is 549 g/mol. The number of aryl methyl sites for hydroxylation is 2. The molecule has 0 saturated carbocycles. The van der Waals surface area contributed by atoms with Crippen molar-refractivity contribution in [1.82, 2.24) is 14.8 Å². The number of carbonyl (C=O) groups excluding carboxylic acids is 1. The van der Waals surface area contributed by atoms with Gasteiger partial charge in [-0.15, -0.1) is 0 Å². The van der Waals surface area contributed by atoms with E-state index in [2.05, 4.69) is 52.9 Å². The van der Waals surface area contributed by atoms with Crippen LogP contribution in [0.2, 0.25) is 0 Å². The summed E-state index contributed by atoms with van der Waals surface area (Å²) in [6.07, 6.45) is 1.05. The van der Waals surface area contributed by atoms with Crippen molar-refractivity contribution in [2.24, 2.45) is 0 Å². The molecule has 1 aromatic carbocycles. The molecule has 0 spiro atoms. The summed E-state index contributed by atoms with van der Waals surface area (Å²) in [5, 5.41) is 32.9. The number of hydrogen-bond acceptors (Lipinski definition) is 8. The van der Waals surface area contributed by atoms with Crippen LogP contribution >= 0.6 is 0 Å². The van der Waals surface area contributed by atoms with Gasteiger partial charge in [-0.2, -0.15) is 0 Å². The molecule has 2 heterocycles. The molecule has 214 valence electrons. The Labute approximate surface area is 225 Å². The van der Waals surface area contributed by atoms with Crippen molar-refractivity contribution in [3.05, 3.63) is 52.8 Å². The Bertz CT molecular complexity index is 1090. The highest BCUT2D eigenvalue weighted by Crippen LogP contribution is 2.21. The Morgan fingerprint density at radius 1 is 0.846 bits per heavy atom. The van der Waals surface area contributed by atoms with Crippen LogP contribution in [-0.4, -0.2) is 105 Å². The summed E-state index contributed by atoms with van der Waals surface area (Å²) in [5.41, 5.74) is 5.25. The summed E-state index contributed by atoms with van der Waals surface area (Å²) in [5.74, 6) is -7.14. The average molecular weight is 550 g/mol. The minimum atomic E-state index is -1.82. The van der Waals surface area contributed by atoms with Gasteiger partial charge in [-0.25, -0.2) is 19.2 Å². The number of rotatable bonds is 8. The lowest BCUT2D eigenvalue weighted by Crippen LogP contribution is -2.38. The normalized spacial score (nSPS) is 12.8. The summed E-state index contributed by atoms with van der Waals surface area (Å²) >= 11 is 0. The predicted octanol–water partition coefficient (Wildman–Crippen LogP) is 1.21. The van der Waals surface area contributed by atoms with Crippen molar-refractivity contribution in [2.75, 3.05) is 45.9 Å². The van der Waals surface area contributed by atoms with E-state index in [0.29, 0.717) is 6.54 Å². The van der Waals surface area contributed by atoms with Crippen LogP contribution in [0.3, 0.4) is 0 Å². The van der Waals surface area contributed by atoms with Crippen LogP contribution < -0.4 is 5.32 Å². The van der Waals surface area contributed by atoms with Gasteiger partial charge in [-0.1, -0.05) is 17.7 Å². The summed E-state index contributed by atoms with van der Waals surface area (Å²) in [6.45, 7) is 12.2. The second-order valence-corrected chi connectivity index (χ2v) is 8.58. The summed E-state index contributed by atoms with van der Waals surface area (Å²) in [6, 6.07) is 10.4. The van der Waals surface area contributed by atoms with Crippen molar-refractivity contribution < 1.29 is 49.1 Å². The second kappa shape index (κ2) is 16.7. The molecule has 0 unspecified atom stereocenters. The van der Waals surface area contributed by atoms with Crippen LogP contribution in [0, 0.1) is 20.8 Å². The number of nitrogens with zero attached hydrogens (tertiary/aromatic N) is 2. The Morgan fingerprint density at radius 2 is 1.36 bits per heavy atom. The largest absolute Gasteiger partial charge is 0.473 e. The van der Waals surface area contributed by atoms with Gasteiger partial charge in [0.15, 0.2) is 5.78 Å². The van der Waals surface area contributed by atoms with E-state index in [9.17, 15) is 4.79 Å². The van der Waals surface area contributed by atoms with Gasteiger partial charge in [0.2, 0.25) is 0 Å². The van der Waals surface area contributed by atoms with Crippen molar-refractivity contribution in [3.63, 3.8) is 0 Å². The van der Waals surface area contributed by atoms with E-state index >= 15 is 0 Å². The maximum atomic E-state index is 12.7. The number of aliphatic carboxylic acids is 4. The first-order valence-electron chi connectivity index (χ1n) is 12.1. The van der Waals surface area contributed by atoms with Gasteiger partial charge in [0.1, 0.15) is 0 Å². The van der Waals surface area contributed by atoms with Gasteiger partial charge in [0.05, 0.1) is 19.8 Å². The number of aromatic nitrogens is 1. The number of ketones is 1. The van der Waals surface area contributed by atoms with Crippen LogP contribution in [0.5, 0.6) is 0 Å². The molecule has 13 nitrogen and oxygen atoms in total. The topological polar surface area (TPSA) is 196 Å². The molecule has 1 saturated heterocycles. The maximum Gasteiger partial charge on any atom is 0.414 e. The van der Waals surface area contributed by atoms with Crippen LogP contribution in [0.1, 0.15) is 33.7 Å². The highest BCUT2D eigenvalue weighted by Gasteiger charge is 2.16. The van der Waals surface area contributed by atoms with E-state index in [0.717, 1.165) is 68.5 Å². The number of morpholine rings is 1. The third-order valence-electron chi connectivity index (χ3n) is 5.61. The maximum absolute atomic E-state index is 12.7. The Morgan fingerprint density at radius 3 is 1.85 bits per heavy atom. The van der Waals surface area contributed by atoms with Crippen LogP contribution in [0.25, 0.3) is 5.69 Å². The van der Waals surface area contributed by atoms with E-state index in [4.69, 9.17) is 44.3 Å². The number of nitrogens with one attached hydrogen (secondary N) is 1. The lowest BCUT2D eigenvalue weighted by molar-refractivity contribution is -0.159. The van der Waals surface area contributed by atoms with E-state index in [1.54, 1.807) is 0 Å². The van der Waals surface area contributed by atoms with Crippen LogP contribution in [0.15, 0.2) is 30.3 Å². The van der Waals surface area contributed by atoms with Gasteiger partial charge >= 0.3 is 23.9 Å². The molecule has 0 aliphatic carbocycles. The van der Waals surface area contributed by atoms with E-state index in [1.165, 1.54) is 5.56 Å². The smallest absolute Gasteiger partial charge is 0.414 e. The lowest BCUT2D eigenvalue weighted by Gasteiger charge is -2.26. The molecule has 39 heavy (non-hydrogen) atoms. The molecule has 1 aliphatic heterocycles. The number of Topliss-reactive ketones (excluding diaryl/α,β-unsaturated/α-hetero) is 1. The molecule has 3 rings (SSSR count). The molecular weight excluding hydrogens is 514 g/mol. The van der Waals surface area contributed by atoms with Gasteiger partial charge in [-0.05, 0) is 58.5 Å². The third kappa shape index (κ3) is 11.9. The minimum Gasteiger partial charge on any atom is -0.473 e. The Hall–Kier alpha value is -4.07. The zero-order valence-electron chi connectivity index (χ0n) is 22.2. The fraction of sp³-hybridized carbons (Fsp3) is 0.423. The molecule has 5 N–H and O–H groups in total. The highest BCUT2D eigenvalue weighted by atomic mass is 16.5. The summed E-state index contributed by atoms with van der Waals surface area (Å²) in [7, 11) is 0. The number of carboxylic acids is 4. The molecule has 2 aromatic rings. The molecule has 0 amide bonds. The lowest BCUT2D eigenvalue weighted by atomic mass is 10.1. The first kappa shape index (κ1) is 33.0. The fourth-order valence-corrected chi connectivity index (χ4v) is 3.69. The van der Waals surface area contributed by atoms with E-state index in [1.807, 2.05) is 13.0 Å². The predicted molar refractivity (Wildman–Crippen MR) is 140 cm³/mol. The number of carbonyl (C=O) groups is 5. The summed E-state index contributed by atoms with van der Waals surface area (Å²) < 4.78 is 7.52. The number of ether oxygens (including phenoxy) is 1. The van der Waals surface area contributed by atoms with Crippen molar-refractivity contribution >= 4 is 29.7 Å². The zero-order valence-corrected chi connectivity index (χ0v) is 22.2. The minimum absolute atomic E-state index is 0.160. The fourth-order valence-electron chi connectivity index (χ4n) is 3.69. The van der Waals surface area contributed by atoms with Gasteiger partial charge in [0.25, 0.3) is 0 Å². The van der Waals surface area contributed by atoms with Crippen molar-refractivity contribution in [3.8, 4) is 5.69 Å². The van der Waals surface area contributed by atoms with Gasteiger partial charge < -0.3 is 35.0 Å². The first-order chi connectivity index (χ1) is 18.3. The SMILES string of the molecule is Cc1ccc(-n2c(C)cc(C(=O)CNCCCN3CCOCC3)c2C)cc1.O=C(O)C(=O)O.O=C(O)C(=O)O. The van der Waals surface area contributed by atoms with E-state index < -0.39 is 23.9 Å². The molecule has 0 atom stereocenters. The quantitative estimate of drug-likeness (QED) is 0.180. The van der Waals surface area contributed by atoms with Crippen molar-refractivity contribution in [2.45, 2.75) is 27.2 Å². The summed E-state index contributed by atoms with van der Waals surface area (Å²) in [4.78, 5) is 51.5. The Balaban J connectivity index is 0.000000530. The van der Waals surface area contributed by atoms with E-state index in [-0.39, 0.29) is 5.78 Å². The van der Waals surface area contributed by atoms with Crippen LogP contribution in [0.4, 0.5) is 0 Å². The number of hydrogen-bond donors (Lipinski definition) is 5. The number of benzene rings is 1. The standard InChI is InChI=1S/C22H31N3O2.2C2H2O4/c1-17-5-7-20(8-6-17)25-18(2)15-21(19(25)3)22(26)16-23-9-4-10-24-11-13-27-14-12-24;2*3-1(4)2(5)6/h5-8,15,23H,4,9-14,16H2,1-3H3;2*(H,3,4)(H,5,6). The first-order valence-corrected chi connectivity index (χ1v) is 12.1. The third-order valence-corrected chi connectivity index (χ3v) is 5.61. The van der Waals surface area contributed by atoms with Crippen molar-refractivity contribution in [1.29, 1.82) is 0 Å². The van der Waals surface area contributed by atoms with Gasteiger partial charge in [-0.3, -0.25) is 9.69 Å². The van der Waals surface area contributed by atoms with Gasteiger partial charge in [0, 0.05) is 35.7 Å². The highest BCUT2D eigenvalue weighted by molar-refractivity contribution is 6.27. The van der Waals surface area contributed by atoms with Crippen LogP contribution in [-0.2, 0) is 23.9 Å². The second-order valence-electron chi connectivity index (χ2n) is 8.58. The molecule has 0 bridgehead atoms. The molecule has 1 fully saturated rings. The zero-order chi connectivity index (χ0) is 29.5. The molecule has 13 heteroatoms. The molecular formula is C26H35N3O10. The number of carboxylic acid groups (broad SMARTS) is 4. The average Bonchev–Trinajstić information content (AvgIpc) is 3.19. The molecule has 1 aromatic heterocycles. The molecule has 0 radical (unpaired) electrons. The Kier molecular flexibility index (Phi) is 14.1.